The summed E-state index contributed by atoms with van der Waals surface area (Å²) in [5.41, 5.74) is 1.95. The van der Waals surface area contributed by atoms with Gasteiger partial charge in [-0.2, -0.15) is 0 Å². The highest BCUT2D eigenvalue weighted by Gasteiger charge is 2.23. The third kappa shape index (κ3) is 4.15. The summed E-state index contributed by atoms with van der Waals surface area (Å²) in [6.45, 7) is 2.19. The summed E-state index contributed by atoms with van der Waals surface area (Å²) in [5.74, 6) is 0.770. The van der Waals surface area contributed by atoms with E-state index in [4.69, 9.17) is 0 Å². The Morgan fingerprint density at radius 3 is 2.42 bits per heavy atom. The maximum Gasteiger partial charge on any atom is 0.151 e. The first kappa shape index (κ1) is 16.5. The summed E-state index contributed by atoms with van der Waals surface area (Å²) in [6, 6.07) is 14.6. The number of ketones is 1. The van der Waals surface area contributed by atoms with Gasteiger partial charge in [-0.15, -0.1) is 0 Å². The van der Waals surface area contributed by atoms with Crippen LogP contribution >= 0.6 is 0 Å². The molecule has 4 nitrogen and oxygen atoms in total. The summed E-state index contributed by atoms with van der Waals surface area (Å²) < 4.78 is 0. The molecule has 1 heterocycles. The van der Waals surface area contributed by atoms with Crippen LogP contribution < -0.4 is 0 Å². The Balaban J connectivity index is 1.51. The number of carbonyl (C=O) groups excluding carboxylic acids is 1. The zero-order chi connectivity index (χ0) is 16.9. The van der Waals surface area contributed by atoms with E-state index in [-0.39, 0.29) is 23.2 Å². The lowest BCUT2D eigenvalue weighted by Gasteiger charge is -2.32. The molecule has 0 atom stereocenters. The standard InChI is InChI=1S/C20H23NO3/c22-17-6-7-19(20(24)13-17)16-8-10-21(11-9-16)14-18(23)12-15-4-2-1-3-5-15/h1-7,13,16,22,24H,8-12,14H2. The fourth-order valence-corrected chi connectivity index (χ4v) is 3.41. The van der Waals surface area contributed by atoms with Crippen molar-refractivity contribution in [2.24, 2.45) is 0 Å². The van der Waals surface area contributed by atoms with Crippen LogP contribution in [-0.4, -0.2) is 40.5 Å². The highest BCUT2D eigenvalue weighted by atomic mass is 16.3. The Hall–Kier alpha value is -2.33. The van der Waals surface area contributed by atoms with Crippen molar-refractivity contribution >= 4 is 5.78 Å². The van der Waals surface area contributed by atoms with E-state index < -0.39 is 0 Å². The van der Waals surface area contributed by atoms with Crippen LogP contribution in [0.2, 0.25) is 0 Å². The number of Topliss-reactive ketones (excluding diaryl/α,β-unsaturated/α-hetero) is 1. The van der Waals surface area contributed by atoms with Gasteiger partial charge in [-0.3, -0.25) is 9.69 Å². The lowest BCUT2D eigenvalue weighted by molar-refractivity contribution is -0.119. The number of aromatic hydroxyl groups is 2. The first-order valence-electron chi connectivity index (χ1n) is 8.41. The number of hydrogen-bond acceptors (Lipinski definition) is 4. The monoisotopic (exact) mass is 325 g/mol. The smallest absolute Gasteiger partial charge is 0.151 e. The maximum atomic E-state index is 12.2. The fraction of sp³-hybridized carbons (Fsp3) is 0.350. The Kier molecular flexibility index (Phi) is 5.16. The van der Waals surface area contributed by atoms with Gasteiger partial charge >= 0.3 is 0 Å². The molecular weight excluding hydrogens is 302 g/mol. The van der Waals surface area contributed by atoms with Gasteiger partial charge in [0.2, 0.25) is 0 Å². The van der Waals surface area contributed by atoms with Gasteiger partial charge in [0, 0.05) is 12.5 Å². The van der Waals surface area contributed by atoms with Gasteiger partial charge in [0.1, 0.15) is 11.5 Å². The molecule has 1 fully saturated rings. The summed E-state index contributed by atoms with van der Waals surface area (Å²) in [5, 5.41) is 19.4. The molecule has 0 aliphatic carbocycles. The Morgan fingerprint density at radius 1 is 1.04 bits per heavy atom. The van der Waals surface area contributed by atoms with E-state index in [1.807, 2.05) is 30.3 Å². The summed E-state index contributed by atoms with van der Waals surface area (Å²) in [7, 11) is 0. The molecule has 0 amide bonds. The molecule has 0 radical (unpaired) electrons. The van der Waals surface area contributed by atoms with Crippen molar-refractivity contribution < 1.29 is 15.0 Å². The number of benzene rings is 2. The van der Waals surface area contributed by atoms with E-state index in [1.165, 1.54) is 6.07 Å². The topological polar surface area (TPSA) is 60.8 Å². The van der Waals surface area contributed by atoms with Crippen LogP contribution in [0, 0.1) is 0 Å². The van der Waals surface area contributed by atoms with Gasteiger partial charge in [0.15, 0.2) is 5.78 Å². The highest BCUT2D eigenvalue weighted by molar-refractivity contribution is 5.82. The number of rotatable bonds is 5. The van der Waals surface area contributed by atoms with Crippen molar-refractivity contribution in [3.05, 3.63) is 59.7 Å². The molecule has 1 aliphatic heterocycles. The molecular formula is C20H23NO3. The van der Waals surface area contributed by atoms with Crippen LogP contribution in [-0.2, 0) is 11.2 Å². The second kappa shape index (κ2) is 7.49. The number of phenolic OH excluding ortho intramolecular Hbond substituents is 2. The zero-order valence-electron chi connectivity index (χ0n) is 13.7. The third-order valence-corrected chi connectivity index (χ3v) is 4.69. The molecule has 0 unspecified atom stereocenters. The quantitative estimate of drug-likeness (QED) is 0.887. The van der Waals surface area contributed by atoms with Crippen molar-refractivity contribution in [1.82, 2.24) is 4.90 Å². The van der Waals surface area contributed by atoms with E-state index >= 15 is 0 Å². The van der Waals surface area contributed by atoms with Gasteiger partial charge in [-0.25, -0.2) is 0 Å². The van der Waals surface area contributed by atoms with Crippen molar-refractivity contribution in [2.45, 2.75) is 25.2 Å². The van der Waals surface area contributed by atoms with Crippen LogP contribution in [0.1, 0.15) is 29.9 Å². The van der Waals surface area contributed by atoms with Gasteiger partial charge in [0.25, 0.3) is 0 Å². The fourth-order valence-electron chi connectivity index (χ4n) is 3.41. The average molecular weight is 325 g/mol. The Morgan fingerprint density at radius 2 is 1.75 bits per heavy atom. The molecule has 2 aromatic carbocycles. The number of likely N-dealkylation sites (tertiary alicyclic amines) is 1. The Labute approximate surface area is 142 Å². The van der Waals surface area contributed by atoms with Gasteiger partial charge in [-0.05, 0) is 49.0 Å². The molecule has 1 aliphatic rings. The molecule has 0 spiro atoms. The van der Waals surface area contributed by atoms with Crippen LogP contribution in [0.4, 0.5) is 0 Å². The number of hydrogen-bond donors (Lipinski definition) is 2. The number of carbonyl (C=O) groups is 1. The largest absolute Gasteiger partial charge is 0.508 e. The molecule has 1 saturated heterocycles. The van der Waals surface area contributed by atoms with E-state index in [2.05, 4.69) is 4.90 Å². The van der Waals surface area contributed by atoms with Crippen molar-refractivity contribution in [3.8, 4) is 11.5 Å². The van der Waals surface area contributed by atoms with Crippen LogP contribution in [0.3, 0.4) is 0 Å². The van der Waals surface area contributed by atoms with E-state index in [9.17, 15) is 15.0 Å². The van der Waals surface area contributed by atoms with E-state index in [0.717, 1.165) is 37.1 Å². The van der Waals surface area contributed by atoms with Crippen molar-refractivity contribution in [3.63, 3.8) is 0 Å². The van der Waals surface area contributed by atoms with Crippen molar-refractivity contribution in [1.29, 1.82) is 0 Å². The Bertz CT molecular complexity index is 691. The molecule has 2 N–H and O–H groups in total. The minimum atomic E-state index is 0.0835. The average Bonchev–Trinajstić information content (AvgIpc) is 2.57. The minimum Gasteiger partial charge on any atom is -0.508 e. The second-order valence-corrected chi connectivity index (χ2v) is 6.49. The lowest BCUT2D eigenvalue weighted by atomic mass is 9.88. The molecule has 2 aromatic rings. The maximum absolute atomic E-state index is 12.2. The molecule has 126 valence electrons. The molecule has 24 heavy (non-hydrogen) atoms. The van der Waals surface area contributed by atoms with Crippen LogP contribution in [0.5, 0.6) is 11.5 Å². The first-order valence-corrected chi connectivity index (χ1v) is 8.41. The molecule has 0 bridgehead atoms. The van der Waals surface area contributed by atoms with Gasteiger partial charge < -0.3 is 10.2 Å². The number of phenols is 2. The predicted octanol–water partition coefficient (Wildman–Crippen LogP) is 3.09. The molecule has 0 saturated carbocycles. The summed E-state index contributed by atoms with van der Waals surface area (Å²) >= 11 is 0. The van der Waals surface area contributed by atoms with Gasteiger partial charge in [-0.1, -0.05) is 36.4 Å². The second-order valence-electron chi connectivity index (χ2n) is 6.49. The number of piperidine rings is 1. The lowest BCUT2D eigenvalue weighted by Crippen LogP contribution is -2.37. The normalized spacial score (nSPS) is 16.2. The summed E-state index contributed by atoms with van der Waals surface area (Å²) in [6.07, 6.45) is 2.31. The van der Waals surface area contributed by atoms with Crippen LogP contribution in [0.15, 0.2) is 48.5 Å². The highest BCUT2D eigenvalue weighted by Crippen LogP contribution is 2.35. The van der Waals surface area contributed by atoms with E-state index in [0.29, 0.717) is 13.0 Å². The van der Waals surface area contributed by atoms with E-state index in [1.54, 1.807) is 12.1 Å². The SMILES string of the molecule is O=C(Cc1ccccc1)CN1CCC(c2ccc(O)cc2O)CC1. The zero-order valence-corrected chi connectivity index (χ0v) is 13.7. The molecule has 3 rings (SSSR count). The van der Waals surface area contributed by atoms with Gasteiger partial charge in [0.05, 0.1) is 6.54 Å². The minimum absolute atomic E-state index is 0.0835. The van der Waals surface area contributed by atoms with Crippen LogP contribution in [0.25, 0.3) is 0 Å². The predicted molar refractivity (Wildman–Crippen MR) is 93.3 cm³/mol. The molecule has 0 aromatic heterocycles. The van der Waals surface area contributed by atoms with Crippen molar-refractivity contribution in [2.75, 3.05) is 19.6 Å². The molecule has 4 heteroatoms. The number of nitrogens with zero attached hydrogens (tertiary/aromatic N) is 1. The summed E-state index contributed by atoms with van der Waals surface area (Å²) in [4.78, 5) is 14.4. The first-order chi connectivity index (χ1) is 11.6. The third-order valence-electron chi connectivity index (χ3n) is 4.69.